The lowest BCUT2D eigenvalue weighted by atomic mass is 10.2. The van der Waals surface area contributed by atoms with Crippen LogP contribution < -0.4 is 4.74 Å². The SMILES string of the molecule is C=CCOC(=O)c1ccc(OCc2cccc(F)c2)c(Br)c1. The third-order valence-corrected chi connectivity index (χ3v) is 3.40. The summed E-state index contributed by atoms with van der Waals surface area (Å²) in [6.45, 7) is 3.88. The van der Waals surface area contributed by atoms with E-state index in [2.05, 4.69) is 22.5 Å². The Labute approximate surface area is 136 Å². The topological polar surface area (TPSA) is 35.5 Å². The second-order valence-electron chi connectivity index (χ2n) is 4.45. The van der Waals surface area contributed by atoms with E-state index in [0.29, 0.717) is 15.8 Å². The second-order valence-corrected chi connectivity index (χ2v) is 5.31. The van der Waals surface area contributed by atoms with Crippen molar-refractivity contribution in [2.75, 3.05) is 6.61 Å². The Morgan fingerprint density at radius 1 is 1.27 bits per heavy atom. The van der Waals surface area contributed by atoms with Crippen LogP contribution in [0, 0.1) is 5.82 Å². The number of esters is 1. The van der Waals surface area contributed by atoms with Crippen molar-refractivity contribution in [3.05, 3.63) is 76.5 Å². The Bertz CT molecular complexity index is 685. The quantitative estimate of drug-likeness (QED) is 0.558. The molecule has 22 heavy (non-hydrogen) atoms. The summed E-state index contributed by atoms with van der Waals surface area (Å²) in [5.41, 5.74) is 1.13. The highest BCUT2D eigenvalue weighted by Gasteiger charge is 2.10. The number of benzene rings is 2. The Balaban J connectivity index is 2.03. The maximum Gasteiger partial charge on any atom is 0.338 e. The van der Waals surface area contributed by atoms with E-state index in [0.717, 1.165) is 5.56 Å². The van der Waals surface area contributed by atoms with Crippen LogP contribution in [0.4, 0.5) is 4.39 Å². The molecule has 0 unspecified atom stereocenters. The molecule has 5 heteroatoms. The first kappa shape index (κ1) is 16.2. The molecule has 0 atom stereocenters. The molecule has 0 aromatic heterocycles. The fourth-order valence-electron chi connectivity index (χ4n) is 1.75. The molecule has 0 radical (unpaired) electrons. The predicted molar refractivity (Wildman–Crippen MR) is 85.4 cm³/mol. The second kappa shape index (κ2) is 7.75. The molecule has 0 bridgehead atoms. The lowest BCUT2D eigenvalue weighted by Crippen LogP contribution is -2.05. The summed E-state index contributed by atoms with van der Waals surface area (Å²) in [4.78, 5) is 11.7. The van der Waals surface area contributed by atoms with Crippen molar-refractivity contribution in [2.45, 2.75) is 6.61 Å². The number of rotatable bonds is 6. The number of carbonyl (C=O) groups is 1. The average Bonchev–Trinajstić information content (AvgIpc) is 2.51. The molecule has 0 aliphatic carbocycles. The van der Waals surface area contributed by atoms with E-state index < -0.39 is 5.97 Å². The summed E-state index contributed by atoms with van der Waals surface area (Å²) in [6, 6.07) is 11.1. The molecule has 0 fully saturated rings. The van der Waals surface area contributed by atoms with Crippen LogP contribution in [0.1, 0.15) is 15.9 Å². The van der Waals surface area contributed by atoms with Gasteiger partial charge in [-0.25, -0.2) is 9.18 Å². The van der Waals surface area contributed by atoms with Gasteiger partial charge < -0.3 is 9.47 Å². The Morgan fingerprint density at radius 3 is 2.77 bits per heavy atom. The number of carbonyl (C=O) groups excluding carboxylic acids is 1. The zero-order chi connectivity index (χ0) is 15.9. The highest BCUT2D eigenvalue weighted by molar-refractivity contribution is 9.10. The van der Waals surface area contributed by atoms with Crippen molar-refractivity contribution in [1.29, 1.82) is 0 Å². The van der Waals surface area contributed by atoms with Crippen LogP contribution in [-0.2, 0) is 11.3 Å². The molecule has 2 rings (SSSR count). The van der Waals surface area contributed by atoms with Gasteiger partial charge in [0.1, 0.15) is 24.8 Å². The van der Waals surface area contributed by atoms with E-state index in [1.165, 1.54) is 18.2 Å². The van der Waals surface area contributed by atoms with E-state index in [1.807, 2.05) is 0 Å². The maximum atomic E-state index is 13.1. The third kappa shape index (κ3) is 4.43. The van der Waals surface area contributed by atoms with Gasteiger partial charge in [0.15, 0.2) is 0 Å². The Kier molecular flexibility index (Phi) is 5.72. The molecule has 0 saturated carbocycles. The van der Waals surface area contributed by atoms with Crippen molar-refractivity contribution in [3.8, 4) is 5.75 Å². The minimum Gasteiger partial charge on any atom is -0.488 e. The predicted octanol–water partition coefficient (Wildman–Crippen LogP) is 4.51. The number of halogens is 2. The zero-order valence-electron chi connectivity index (χ0n) is 11.7. The molecular weight excluding hydrogens is 351 g/mol. The summed E-state index contributed by atoms with van der Waals surface area (Å²) in [5, 5.41) is 0. The molecule has 3 nitrogen and oxygen atoms in total. The van der Waals surface area contributed by atoms with Gasteiger partial charge in [-0.3, -0.25) is 0 Å². The fourth-order valence-corrected chi connectivity index (χ4v) is 2.24. The third-order valence-electron chi connectivity index (χ3n) is 2.78. The monoisotopic (exact) mass is 364 g/mol. The van der Waals surface area contributed by atoms with Crippen molar-refractivity contribution in [2.24, 2.45) is 0 Å². The van der Waals surface area contributed by atoms with E-state index in [-0.39, 0.29) is 19.0 Å². The van der Waals surface area contributed by atoms with E-state index >= 15 is 0 Å². The van der Waals surface area contributed by atoms with E-state index in [4.69, 9.17) is 9.47 Å². The molecule has 2 aromatic rings. The van der Waals surface area contributed by atoms with Crippen molar-refractivity contribution >= 4 is 21.9 Å². The normalized spacial score (nSPS) is 10.1. The molecule has 0 amide bonds. The molecule has 2 aromatic carbocycles. The summed E-state index contributed by atoms with van der Waals surface area (Å²) < 4.78 is 24.3. The van der Waals surface area contributed by atoms with Gasteiger partial charge in [0, 0.05) is 0 Å². The largest absolute Gasteiger partial charge is 0.488 e. The van der Waals surface area contributed by atoms with Crippen molar-refractivity contribution < 1.29 is 18.7 Å². The van der Waals surface area contributed by atoms with Crippen LogP contribution >= 0.6 is 15.9 Å². The maximum absolute atomic E-state index is 13.1. The first-order valence-electron chi connectivity index (χ1n) is 6.55. The lowest BCUT2D eigenvalue weighted by molar-refractivity contribution is 0.0549. The molecule has 0 saturated heterocycles. The van der Waals surface area contributed by atoms with Crippen molar-refractivity contribution in [3.63, 3.8) is 0 Å². The molecule has 0 heterocycles. The van der Waals surface area contributed by atoms with Crippen LogP contribution in [0.5, 0.6) is 5.75 Å². The summed E-state index contributed by atoms with van der Waals surface area (Å²) in [6.07, 6.45) is 1.50. The first-order valence-corrected chi connectivity index (χ1v) is 7.34. The van der Waals surface area contributed by atoms with Crippen LogP contribution in [0.3, 0.4) is 0 Å². The molecule has 0 aliphatic rings. The Hall–Kier alpha value is -2.14. The first-order chi connectivity index (χ1) is 10.6. The highest BCUT2D eigenvalue weighted by Crippen LogP contribution is 2.27. The number of hydrogen-bond acceptors (Lipinski definition) is 3. The van der Waals surface area contributed by atoms with E-state index in [9.17, 15) is 9.18 Å². The van der Waals surface area contributed by atoms with Gasteiger partial charge in [-0.15, -0.1) is 0 Å². The molecular formula is C17H14BrFO3. The summed E-state index contributed by atoms with van der Waals surface area (Å²) in [7, 11) is 0. The summed E-state index contributed by atoms with van der Waals surface area (Å²) in [5.74, 6) is -0.178. The van der Waals surface area contributed by atoms with Crippen LogP contribution in [-0.4, -0.2) is 12.6 Å². The minimum absolute atomic E-state index is 0.161. The van der Waals surface area contributed by atoms with Gasteiger partial charge in [0.05, 0.1) is 10.0 Å². The fraction of sp³-hybridized carbons (Fsp3) is 0.118. The zero-order valence-corrected chi connectivity index (χ0v) is 13.3. The van der Waals surface area contributed by atoms with Gasteiger partial charge >= 0.3 is 5.97 Å². The number of ether oxygens (including phenoxy) is 2. The molecule has 0 spiro atoms. The standard InChI is InChI=1S/C17H14BrFO3/c1-2-8-21-17(20)13-6-7-16(15(18)10-13)22-11-12-4-3-5-14(19)9-12/h2-7,9-10H,1,8,11H2. The summed E-state index contributed by atoms with van der Waals surface area (Å²) >= 11 is 3.34. The van der Waals surface area contributed by atoms with Crippen LogP contribution in [0.15, 0.2) is 59.6 Å². The van der Waals surface area contributed by atoms with Gasteiger partial charge in [0.2, 0.25) is 0 Å². The van der Waals surface area contributed by atoms with Gasteiger partial charge in [0.25, 0.3) is 0 Å². The van der Waals surface area contributed by atoms with Crippen LogP contribution in [0.25, 0.3) is 0 Å². The number of hydrogen-bond donors (Lipinski definition) is 0. The molecule has 114 valence electrons. The average molecular weight is 365 g/mol. The van der Waals surface area contributed by atoms with E-state index in [1.54, 1.807) is 30.3 Å². The molecule has 0 N–H and O–H groups in total. The smallest absolute Gasteiger partial charge is 0.338 e. The highest BCUT2D eigenvalue weighted by atomic mass is 79.9. The van der Waals surface area contributed by atoms with Gasteiger partial charge in [-0.2, -0.15) is 0 Å². The van der Waals surface area contributed by atoms with Gasteiger partial charge in [-0.1, -0.05) is 24.8 Å². The van der Waals surface area contributed by atoms with Crippen molar-refractivity contribution in [1.82, 2.24) is 0 Å². The minimum atomic E-state index is -0.433. The van der Waals surface area contributed by atoms with Gasteiger partial charge in [-0.05, 0) is 51.8 Å². The lowest BCUT2D eigenvalue weighted by Gasteiger charge is -2.10. The molecule has 0 aliphatic heterocycles. The Morgan fingerprint density at radius 2 is 2.09 bits per heavy atom. The van der Waals surface area contributed by atoms with Crippen LogP contribution in [0.2, 0.25) is 0 Å².